The Labute approximate surface area is 110 Å². The van der Waals surface area contributed by atoms with E-state index in [2.05, 4.69) is 13.8 Å². The summed E-state index contributed by atoms with van der Waals surface area (Å²) in [5.41, 5.74) is -0.638. The zero-order valence-electron chi connectivity index (χ0n) is 11.0. The average molecular weight is 274 g/mol. The van der Waals surface area contributed by atoms with Crippen LogP contribution in [0.1, 0.15) is 42.6 Å². The molecule has 0 aliphatic heterocycles. The van der Waals surface area contributed by atoms with Crippen molar-refractivity contribution in [3.8, 4) is 0 Å². The Morgan fingerprint density at radius 2 is 1.79 bits per heavy atom. The van der Waals surface area contributed by atoms with Gasteiger partial charge in [-0.05, 0) is 43.0 Å². The van der Waals surface area contributed by atoms with Crippen molar-refractivity contribution >= 4 is 5.97 Å². The van der Waals surface area contributed by atoms with Crippen molar-refractivity contribution < 1.29 is 22.7 Å². The minimum atomic E-state index is -4.39. The third-order valence-electron chi connectivity index (χ3n) is 2.61. The van der Waals surface area contributed by atoms with Gasteiger partial charge in [0.05, 0.1) is 17.7 Å². The van der Waals surface area contributed by atoms with E-state index in [1.807, 2.05) is 0 Å². The molecule has 0 aliphatic carbocycles. The third-order valence-corrected chi connectivity index (χ3v) is 2.61. The van der Waals surface area contributed by atoms with Crippen LogP contribution in [-0.2, 0) is 10.9 Å². The SMILES string of the molecule is CC(C)CCCOC(=O)c1ccc(C(F)(F)F)cc1. The van der Waals surface area contributed by atoms with E-state index in [0.29, 0.717) is 5.92 Å². The first-order chi connectivity index (χ1) is 8.80. The first kappa shape index (κ1) is 15.5. The van der Waals surface area contributed by atoms with Crippen LogP contribution >= 0.6 is 0 Å². The molecule has 19 heavy (non-hydrogen) atoms. The number of ether oxygens (including phenoxy) is 1. The van der Waals surface area contributed by atoms with Crippen molar-refractivity contribution in [3.05, 3.63) is 35.4 Å². The highest BCUT2D eigenvalue weighted by Crippen LogP contribution is 2.29. The Morgan fingerprint density at radius 3 is 2.26 bits per heavy atom. The van der Waals surface area contributed by atoms with Gasteiger partial charge in [0.2, 0.25) is 0 Å². The van der Waals surface area contributed by atoms with E-state index >= 15 is 0 Å². The van der Waals surface area contributed by atoms with Gasteiger partial charge >= 0.3 is 12.1 Å². The first-order valence-corrected chi connectivity index (χ1v) is 6.15. The highest BCUT2D eigenvalue weighted by atomic mass is 19.4. The molecule has 0 saturated heterocycles. The molecule has 0 spiro atoms. The highest BCUT2D eigenvalue weighted by molar-refractivity contribution is 5.89. The maximum atomic E-state index is 12.3. The molecule has 0 saturated carbocycles. The van der Waals surface area contributed by atoms with Crippen LogP contribution in [0.15, 0.2) is 24.3 Å². The second-order valence-electron chi connectivity index (χ2n) is 4.75. The second-order valence-corrected chi connectivity index (χ2v) is 4.75. The van der Waals surface area contributed by atoms with Crippen molar-refractivity contribution in [2.24, 2.45) is 5.92 Å². The molecule has 0 amide bonds. The van der Waals surface area contributed by atoms with E-state index < -0.39 is 17.7 Å². The third kappa shape index (κ3) is 5.32. The van der Waals surface area contributed by atoms with Gasteiger partial charge in [0.25, 0.3) is 0 Å². The standard InChI is InChI=1S/C14H17F3O2/c1-10(2)4-3-9-19-13(18)11-5-7-12(8-6-11)14(15,16)17/h5-8,10H,3-4,9H2,1-2H3. The summed E-state index contributed by atoms with van der Waals surface area (Å²) >= 11 is 0. The van der Waals surface area contributed by atoms with Gasteiger partial charge in [-0.1, -0.05) is 13.8 Å². The number of alkyl halides is 3. The summed E-state index contributed by atoms with van der Waals surface area (Å²) in [5, 5.41) is 0. The predicted octanol–water partition coefficient (Wildman–Crippen LogP) is 4.30. The molecule has 0 N–H and O–H groups in total. The Kier molecular flexibility index (Phi) is 5.39. The van der Waals surface area contributed by atoms with E-state index in [0.717, 1.165) is 37.1 Å². The van der Waals surface area contributed by atoms with Crippen LogP contribution < -0.4 is 0 Å². The van der Waals surface area contributed by atoms with Crippen LogP contribution in [0, 0.1) is 5.92 Å². The monoisotopic (exact) mass is 274 g/mol. The molecule has 0 aromatic heterocycles. The van der Waals surface area contributed by atoms with Crippen LogP contribution in [0.25, 0.3) is 0 Å². The van der Waals surface area contributed by atoms with Crippen molar-refractivity contribution in [2.45, 2.75) is 32.9 Å². The van der Waals surface area contributed by atoms with Crippen molar-refractivity contribution in [1.82, 2.24) is 0 Å². The molecule has 106 valence electrons. The minimum absolute atomic E-state index is 0.137. The van der Waals surface area contributed by atoms with Gasteiger partial charge in [-0.25, -0.2) is 4.79 Å². The largest absolute Gasteiger partial charge is 0.462 e. The molecule has 0 aliphatic rings. The van der Waals surface area contributed by atoms with Crippen molar-refractivity contribution in [3.63, 3.8) is 0 Å². The second kappa shape index (κ2) is 6.59. The van der Waals surface area contributed by atoms with Gasteiger partial charge in [0, 0.05) is 0 Å². The molecular weight excluding hydrogens is 257 g/mol. The van der Waals surface area contributed by atoms with Gasteiger partial charge in [0.15, 0.2) is 0 Å². The van der Waals surface area contributed by atoms with Crippen LogP contribution in [0.4, 0.5) is 13.2 Å². The summed E-state index contributed by atoms with van der Waals surface area (Å²) in [4.78, 5) is 11.5. The molecule has 0 atom stereocenters. The number of carbonyl (C=O) groups is 1. The molecule has 2 nitrogen and oxygen atoms in total. The topological polar surface area (TPSA) is 26.3 Å². The lowest BCUT2D eigenvalue weighted by Crippen LogP contribution is -2.09. The number of benzene rings is 1. The van der Waals surface area contributed by atoms with Crippen LogP contribution in [0.2, 0.25) is 0 Å². The van der Waals surface area contributed by atoms with E-state index in [4.69, 9.17) is 4.74 Å². The van der Waals surface area contributed by atoms with Crippen LogP contribution in [0.3, 0.4) is 0 Å². The molecule has 0 fully saturated rings. The number of hydrogen-bond acceptors (Lipinski definition) is 2. The summed E-state index contributed by atoms with van der Waals surface area (Å²) < 4.78 is 42.0. The highest BCUT2D eigenvalue weighted by Gasteiger charge is 2.30. The average Bonchev–Trinajstić information content (AvgIpc) is 2.33. The molecule has 0 bridgehead atoms. The van der Waals surface area contributed by atoms with E-state index in [1.165, 1.54) is 0 Å². The molecule has 1 aromatic rings. The Bertz CT molecular complexity index is 408. The Hall–Kier alpha value is -1.52. The first-order valence-electron chi connectivity index (χ1n) is 6.15. The minimum Gasteiger partial charge on any atom is -0.462 e. The Balaban J connectivity index is 2.49. The van der Waals surface area contributed by atoms with Gasteiger partial charge < -0.3 is 4.74 Å². The lowest BCUT2D eigenvalue weighted by atomic mass is 10.1. The summed E-state index contributed by atoms with van der Waals surface area (Å²) in [6.07, 6.45) is -2.69. The van der Waals surface area contributed by atoms with Gasteiger partial charge in [-0.2, -0.15) is 13.2 Å². The molecule has 0 heterocycles. The fourth-order valence-electron chi connectivity index (χ4n) is 1.54. The quantitative estimate of drug-likeness (QED) is 0.591. The molecule has 5 heteroatoms. The summed E-state index contributed by atoms with van der Waals surface area (Å²) in [7, 11) is 0. The lowest BCUT2D eigenvalue weighted by molar-refractivity contribution is -0.137. The number of rotatable bonds is 5. The van der Waals surface area contributed by atoms with E-state index in [-0.39, 0.29) is 12.2 Å². The van der Waals surface area contributed by atoms with Gasteiger partial charge in [-0.15, -0.1) is 0 Å². The fourth-order valence-corrected chi connectivity index (χ4v) is 1.54. The maximum Gasteiger partial charge on any atom is 0.416 e. The lowest BCUT2D eigenvalue weighted by Gasteiger charge is -2.08. The predicted molar refractivity (Wildman–Crippen MR) is 65.8 cm³/mol. The Morgan fingerprint density at radius 1 is 1.21 bits per heavy atom. The van der Waals surface area contributed by atoms with Gasteiger partial charge in [0.1, 0.15) is 0 Å². The molecule has 0 radical (unpaired) electrons. The number of esters is 1. The van der Waals surface area contributed by atoms with Crippen molar-refractivity contribution in [2.75, 3.05) is 6.61 Å². The summed E-state index contributed by atoms with van der Waals surface area (Å²) in [5.74, 6) is -0.0535. The van der Waals surface area contributed by atoms with Crippen molar-refractivity contribution in [1.29, 1.82) is 0 Å². The van der Waals surface area contributed by atoms with Crippen LogP contribution in [-0.4, -0.2) is 12.6 Å². The zero-order valence-corrected chi connectivity index (χ0v) is 11.0. The summed E-state index contributed by atoms with van der Waals surface area (Å²) in [6, 6.07) is 4.02. The molecule has 1 rings (SSSR count). The molecule has 0 unspecified atom stereocenters. The molecule has 1 aromatic carbocycles. The number of halogens is 3. The number of carbonyl (C=O) groups excluding carboxylic acids is 1. The smallest absolute Gasteiger partial charge is 0.416 e. The zero-order chi connectivity index (χ0) is 14.5. The fraction of sp³-hybridized carbons (Fsp3) is 0.500. The van der Waals surface area contributed by atoms with Gasteiger partial charge in [-0.3, -0.25) is 0 Å². The molecular formula is C14H17F3O2. The summed E-state index contributed by atoms with van der Waals surface area (Å²) in [6.45, 7) is 4.42. The normalized spacial score (nSPS) is 11.7. The maximum absolute atomic E-state index is 12.3. The number of hydrogen-bond donors (Lipinski definition) is 0. The van der Waals surface area contributed by atoms with E-state index in [9.17, 15) is 18.0 Å². The van der Waals surface area contributed by atoms with E-state index in [1.54, 1.807) is 0 Å². The van der Waals surface area contributed by atoms with Crippen LogP contribution in [0.5, 0.6) is 0 Å².